The number of fused-ring (bicyclic) bond motifs is 1. The predicted octanol–water partition coefficient (Wildman–Crippen LogP) is 3.50. The quantitative estimate of drug-likeness (QED) is 0.750. The molecule has 6 heteroatoms. The SMILES string of the molecule is O=C(CCn1nc(Cl)c2ccccc21)NCCc1cccs1. The molecule has 114 valence electrons. The lowest BCUT2D eigenvalue weighted by atomic mass is 10.2. The Morgan fingerprint density at radius 2 is 2.14 bits per heavy atom. The molecule has 1 aromatic carbocycles. The smallest absolute Gasteiger partial charge is 0.221 e. The Kier molecular flexibility index (Phi) is 4.75. The number of hydrogen-bond donors (Lipinski definition) is 1. The number of benzene rings is 1. The highest BCUT2D eigenvalue weighted by atomic mass is 35.5. The molecule has 4 nitrogen and oxygen atoms in total. The second kappa shape index (κ2) is 6.94. The summed E-state index contributed by atoms with van der Waals surface area (Å²) >= 11 is 7.81. The summed E-state index contributed by atoms with van der Waals surface area (Å²) in [5, 5.41) is 10.7. The van der Waals surface area contributed by atoms with Gasteiger partial charge >= 0.3 is 0 Å². The second-order valence-corrected chi connectivity index (χ2v) is 6.35. The van der Waals surface area contributed by atoms with Crippen LogP contribution in [0.25, 0.3) is 10.9 Å². The van der Waals surface area contributed by atoms with E-state index in [4.69, 9.17) is 11.6 Å². The summed E-state index contributed by atoms with van der Waals surface area (Å²) in [5.74, 6) is 0.0345. The number of aromatic nitrogens is 2. The maximum absolute atomic E-state index is 11.9. The molecular formula is C16H16ClN3OS. The first-order valence-corrected chi connectivity index (χ1v) is 8.40. The molecule has 0 aliphatic carbocycles. The molecule has 0 aliphatic rings. The van der Waals surface area contributed by atoms with Crippen LogP contribution < -0.4 is 5.32 Å². The molecule has 0 saturated carbocycles. The number of carbonyl (C=O) groups excluding carboxylic acids is 1. The summed E-state index contributed by atoms with van der Waals surface area (Å²) in [4.78, 5) is 13.2. The van der Waals surface area contributed by atoms with Crippen LogP contribution in [0.4, 0.5) is 0 Å². The molecule has 0 radical (unpaired) electrons. The number of aryl methyl sites for hydroxylation is 1. The Hall–Kier alpha value is -1.85. The fourth-order valence-corrected chi connectivity index (χ4v) is 3.29. The number of para-hydroxylation sites is 1. The third-order valence-electron chi connectivity index (χ3n) is 3.44. The third kappa shape index (κ3) is 3.48. The van der Waals surface area contributed by atoms with Gasteiger partial charge in [0.05, 0.1) is 12.1 Å². The molecule has 2 heterocycles. The molecule has 0 bridgehead atoms. The van der Waals surface area contributed by atoms with Crippen molar-refractivity contribution in [1.29, 1.82) is 0 Å². The molecule has 3 aromatic rings. The van der Waals surface area contributed by atoms with E-state index >= 15 is 0 Å². The van der Waals surface area contributed by atoms with E-state index in [1.165, 1.54) is 4.88 Å². The molecule has 1 N–H and O–H groups in total. The molecule has 0 fully saturated rings. The molecule has 3 rings (SSSR count). The van der Waals surface area contributed by atoms with Gasteiger partial charge in [0.2, 0.25) is 5.91 Å². The van der Waals surface area contributed by atoms with Gasteiger partial charge in [0, 0.05) is 23.2 Å². The first-order chi connectivity index (χ1) is 10.7. The summed E-state index contributed by atoms with van der Waals surface area (Å²) in [5.41, 5.74) is 0.957. The lowest BCUT2D eigenvalue weighted by Gasteiger charge is -2.05. The molecule has 0 saturated heterocycles. The molecular weight excluding hydrogens is 318 g/mol. The highest BCUT2D eigenvalue weighted by Crippen LogP contribution is 2.22. The van der Waals surface area contributed by atoms with Crippen LogP contribution in [0.15, 0.2) is 41.8 Å². The number of hydrogen-bond acceptors (Lipinski definition) is 3. The van der Waals surface area contributed by atoms with E-state index < -0.39 is 0 Å². The van der Waals surface area contributed by atoms with Crippen molar-refractivity contribution in [2.24, 2.45) is 0 Å². The number of carbonyl (C=O) groups is 1. The van der Waals surface area contributed by atoms with Gasteiger partial charge in [-0.1, -0.05) is 29.8 Å². The van der Waals surface area contributed by atoms with Crippen molar-refractivity contribution < 1.29 is 4.79 Å². The van der Waals surface area contributed by atoms with Crippen molar-refractivity contribution >= 4 is 39.7 Å². The molecule has 0 aliphatic heterocycles. The number of thiophene rings is 1. The summed E-state index contributed by atoms with van der Waals surface area (Å²) in [6.45, 7) is 1.19. The van der Waals surface area contributed by atoms with Crippen molar-refractivity contribution in [3.05, 3.63) is 51.8 Å². The Labute approximate surface area is 137 Å². The van der Waals surface area contributed by atoms with Gasteiger partial charge in [0.1, 0.15) is 0 Å². The van der Waals surface area contributed by atoms with E-state index in [0.29, 0.717) is 24.7 Å². The van der Waals surface area contributed by atoms with Crippen LogP contribution in [0.2, 0.25) is 5.15 Å². The van der Waals surface area contributed by atoms with Gasteiger partial charge in [-0.15, -0.1) is 11.3 Å². The number of halogens is 1. The average molecular weight is 334 g/mol. The van der Waals surface area contributed by atoms with E-state index in [-0.39, 0.29) is 5.91 Å². The first-order valence-electron chi connectivity index (χ1n) is 7.14. The first kappa shape index (κ1) is 15.1. The maximum Gasteiger partial charge on any atom is 0.221 e. The van der Waals surface area contributed by atoms with Crippen molar-refractivity contribution in [3.63, 3.8) is 0 Å². The third-order valence-corrected chi connectivity index (χ3v) is 4.65. The van der Waals surface area contributed by atoms with Crippen LogP contribution in [-0.4, -0.2) is 22.2 Å². The minimum Gasteiger partial charge on any atom is -0.356 e. The predicted molar refractivity (Wildman–Crippen MR) is 90.4 cm³/mol. The van der Waals surface area contributed by atoms with Crippen molar-refractivity contribution in [2.75, 3.05) is 6.54 Å². The van der Waals surface area contributed by atoms with Crippen molar-refractivity contribution in [1.82, 2.24) is 15.1 Å². The fraction of sp³-hybridized carbons (Fsp3) is 0.250. The maximum atomic E-state index is 11.9. The lowest BCUT2D eigenvalue weighted by molar-refractivity contribution is -0.121. The van der Waals surface area contributed by atoms with Gasteiger partial charge in [-0.05, 0) is 30.0 Å². The summed E-state index contributed by atoms with van der Waals surface area (Å²) in [6, 6.07) is 11.9. The summed E-state index contributed by atoms with van der Waals surface area (Å²) < 4.78 is 1.79. The zero-order valence-electron chi connectivity index (χ0n) is 12.0. The second-order valence-electron chi connectivity index (χ2n) is 4.96. The number of nitrogens with one attached hydrogen (secondary N) is 1. The summed E-state index contributed by atoms with van der Waals surface area (Å²) in [6.07, 6.45) is 1.27. The molecule has 1 amide bonds. The monoisotopic (exact) mass is 333 g/mol. The normalized spacial score (nSPS) is 11.0. The fourth-order valence-electron chi connectivity index (χ4n) is 2.33. The van der Waals surface area contributed by atoms with E-state index in [2.05, 4.69) is 16.5 Å². The molecule has 0 atom stereocenters. The summed E-state index contributed by atoms with van der Waals surface area (Å²) in [7, 11) is 0. The van der Waals surface area contributed by atoms with Crippen molar-refractivity contribution in [3.8, 4) is 0 Å². The van der Waals surface area contributed by atoms with Gasteiger partial charge < -0.3 is 5.32 Å². The Morgan fingerprint density at radius 3 is 2.95 bits per heavy atom. The standard InChI is InChI=1S/C16H16ClN3OS/c17-16-13-5-1-2-6-14(13)20(19-16)10-8-15(21)18-9-7-12-4-3-11-22-12/h1-6,11H,7-10H2,(H,18,21). The zero-order valence-corrected chi connectivity index (χ0v) is 13.5. The van der Waals surface area contributed by atoms with E-state index in [1.54, 1.807) is 16.0 Å². The van der Waals surface area contributed by atoms with Gasteiger partial charge in [-0.3, -0.25) is 9.48 Å². The van der Waals surface area contributed by atoms with Crippen LogP contribution >= 0.6 is 22.9 Å². The van der Waals surface area contributed by atoms with Gasteiger partial charge in [-0.25, -0.2) is 0 Å². The number of nitrogens with zero attached hydrogens (tertiary/aromatic N) is 2. The topological polar surface area (TPSA) is 46.9 Å². The highest BCUT2D eigenvalue weighted by Gasteiger charge is 2.09. The molecule has 0 spiro atoms. The van der Waals surface area contributed by atoms with Crippen LogP contribution in [0.1, 0.15) is 11.3 Å². The average Bonchev–Trinajstić information content (AvgIpc) is 3.14. The van der Waals surface area contributed by atoms with Crippen LogP contribution in [0.3, 0.4) is 0 Å². The van der Waals surface area contributed by atoms with Gasteiger partial charge in [0.15, 0.2) is 5.15 Å². The van der Waals surface area contributed by atoms with E-state index in [1.807, 2.05) is 35.7 Å². The molecule has 0 unspecified atom stereocenters. The van der Waals surface area contributed by atoms with Crippen molar-refractivity contribution in [2.45, 2.75) is 19.4 Å². The van der Waals surface area contributed by atoms with Gasteiger partial charge in [0.25, 0.3) is 0 Å². The van der Waals surface area contributed by atoms with E-state index in [0.717, 1.165) is 17.3 Å². The minimum absolute atomic E-state index is 0.0345. The van der Waals surface area contributed by atoms with Crippen LogP contribution in [0, 0.1) is 0 Å². The van der Waals surface area contributed by atoms with Crippen LogP contribution in [-0.2, 0) is 17.8 Å². The number of rotatable bonds is 6. The molecule has 2 aromatic heterocycles. The zero-order chi connectivity index (χ0) is 15.4. The van der Waals surface area contributed by atoms with E-state index in [9.17, 15) is 4.79 Å². The highest BCUT2D eigenvalue weighted by molar-refractivity contribution is 7.09. The lowest BCUT2D eigenvalue weighted by Crippen LogP contribution is -2.26. The largest absolute Gasteiger partial charge is 0.356 e. The minimum atomic E-state index is 0.0345. The van der Waals surface area contributed by atoms with Gasteiger partial charge in [-0.2, -0.15) is 5.10 Å². The molecule has 22 heavy (non-hydrogen) atoms. The Balaban J connectivity index is 1.52. The van der Waals surface area contributed by atoms with Crippen LogP contribution in [0.5, 0.6) is 0 Å². The number of amides is 1. The Morgan fingerprint density at radius 1 is 1.27 bits per heavy atom. The Bertz CT molecular complexity index is 767.